The van der Waals surface area contributed by atoms with Crippen molar-refractivity contribution in [2.24, 2.45) is 0 Å². The minimum atomic E-state index is -0.568. The molecule has 1 N–H and O–H groups in total. The van der Waals surface area contributed by atoms with Crippen LogP contribution in [0.4, 0.5) is 16.4 Å². The molecule has 1 aliphatic rings. The number of alkyl carbamates (subject to hydrolysis) is 1. The summed E-state index contributed by atoms with van der Waals surface area (Å²) in [4.78, 5) is 38.5. The summed E-state index contributed by atoms with van der Waals surface area (Å²) < 4.78 is 7.15. The van der Waals surface area contributed by atoms with Crippen LogP contribution in [0.2, 0.25) is 0 Å². The van der Waals surface area contributed by atoms with Crippen molar-refractivity contribution >= 4 is 23.6 Å². The van der Waals surface area contributed by atoms with Gasteiger partial charge in [0.1, 0.15) is 30.3 Å². The van der Waals surface area contributed by atoms with E-state index in [2.05, 4.69) is 15.5 Å². The first-order valence-corrected chi connectivity index (χ1v) is 12.2. The van der Waals surface area contributed by atoms with Gasteiger partial charge < -0.3 is 15.0 Å². The number of aromatic nitrogens is 5. The maximum atomic E-state index is 13.7. The second-order valence-corrected chi connectivity index (χ2v) is 9.12. The van der Waals surface area contributed by atoms with Crippen molar-refractivity contribution in [2.75, 3.05) is 23.9 Å². The lowest BCUT2D eigenvalue weighted by Gasteiger charge is -2.23. The number of fused-ring (bicyclic) bond motifs is 1. The molecule has 0 atom stereocenters. The molecule has 5 rings (SSSR count). The van der Waals surface area contributed by atoms with E-state index in [-0.39, 0.29) is 25.1 Å². The molecule has 0 saturated heterocycles. The van der Waals surface area contributed by atoms with Gasteiger partial charge in [0.25, 0.3) is 5.91 Å². The van der Waals surface area contributed by atoms with E-state index in [1.807, 2.05) is 72.8 Å². The first kappa shape index (κ1) is 24.9. The molecule has 0 bridgehead atoms. The molecular weight excluding hydrogens is 484 g/mol. The van der Waals surface area contributed by atoms with Crippen molar-refractivity contribution in [3.05, 3.63) is 77.7 Å². The normalized spacial score (nSPS) is 12.6. The Morgan fingerprint density at radius 1 is 1.13 bits per heavy atom. The number of benzene rings is 1. The average molecular weight is 513 g/mol. The highest BCUT2D eigenvalue weighted by Gasteiger charge is 2.34. The number of para-hydroxylation sites is 1. The zero-order valence-electron chi connectivity index (χ0n) is 21.6. The summed E-state index contributed by atoms with van der Waals surface area (Å²) in [6, 6.07) is 17.1. The minimum absolute atomic E-state index is 0.0590. The number of rotatable bonds is 7. The Morgan fingerprint density at radius 3 is 2.66 bits per heavy atom. The highest BCUT2D eigenvalue weighted by Crippen LogP contribution is 2.33. The van der Waals surface area contributed by atoms with E-state index in [9.17, 15) is 9.59 Å². The van der Waals surface area contributed by atoms with Crippen molar-refractivity contribution in [3.8, 4) is 17.2 Å². The largest absolute Gasteiger partial charge is 0.443 e. The molecule has 11 nitrogen and oxygen atoms in total. The molecule has 3 aromatic heterocycles. The van der Waals surface area contributed by atoms with Gasteiger partial charge >= 0.3 is 6.09 Å². The summed E-state index contributed by atoms with van der Waals surface area (Å²) in [5.74, 6) is 1.46. The summed E-state index contributed by atoms with van der Waals surface area (Å²) in [6.45, 7) is 4.26. The van der Waals surface area contributed by atoms with Gasteiger partial charge in [0.15, 0.2) is 5.82 Å². The van der Waals surface area contributed by atoms with E-state index in [0.29, 0.717) is 40.0 Å². The van der Waals surface area contributed by atoms with Crippen LogP contribution in [0.5, 0.6) is 0 Å². The number of amides is 2. The number of nitrogens with one attached hydrogen (secondary N) is 1. The summed E-state index contributed by atoms with van der Waals surface area (Å²) in [6.07, 6.45) is 1.06. The van der Waals surface area contributed by atoms with Crippen LogP contribution in [-0.4, -0.2) is 56.9 Å². The van der Waals surface area contributed by atoms with E-state index >= 15 is 0 Å². The number of carbonyl (C=O) groups excluding carboxylic acids is 2. The highest BCUT2D eigenvalue weighted by molar-refractivity contribution is 6.10. The third-order valence-corrected chi connectivity index (χ3v) is 6.49. The zero-order chi connectivity index (χ0) is 26.8. The molecule has 38 heavy (non-hydrogen) atoms. The standard InChI is InChI=1S/C27H28N8O3/c1-17(2)33(4)24-13-19-20(22(31-24)15-38-27(37)28-3)14-34(26(19)36)23-12-8-11-21(30-23)25-32-29-16-35(25)18-9-6-5-7-10-18/h5-13,16-17H,14-15H2,1-4H3,(H,28,37). The Bertz CT molecular complexity index is 1480. The van der Waals surface area contributed by atoms with Crippen molar-refractivity contribution in [2.45, 2.75) is 33.0 Å². The van der Waals surface area contributed by atoms with Crippen molar-refractivity contribution < 1.29 is 14.3 Å². The number of ether oxygens (including phenoxy) is 1. The smallest absolute Gasteiger partial charge is 0.407 e. The van der Waals surface area contributed by atoms with Gasteiger partial charge in [-0.05, 0) is 44.2 Å². The van der Waals surface area contributed by atoms with Crippen LogP contribution in [0.15, 0.2) is 60.9 Å². The van der Waals surface area contributed by atoms with Gasteiger partial charge in [-0.2, -0.15) is 0 Å². The van der Waals surface area contributed by atoms with Crippen LogP contribution >= 0.6 is 0 Å². The maximum Gasteiger partial charge on any atom is 0.407 e. The predicted molar refractivity (Wildman–Crippen MR) is 142 cm³/mol. The molecule has 11 heteroatoms. The second-order valence-electron chi connectivity index (χ2n) is 9.12. The van der Waals surface area contributed by atoms with Gasteiger partial charge in [0, 0.05) is 31.4 Å². The van der Waals surface area contributed by atoms with E-state index < -0.39 is 6.09 Å². The monoisotopic (exact) mass is 512 g/mol. The Labute approximate surface area is 220 Å². The highest BCUT2D eigenvalue weighted by atomic mass is 16.5. The topological polar surface area (TPSA) is 118 Å². The van der Waals surface area contributed by atoms with E-state index in [1.54, 1.807) is 23.4 Å². The Morgan fingerprint density at radius 2 is 1.92 bits per heavy atom. The third kappa shape index (κ3) is 4.65. The van der Waals surface area contributed by atoms with Gasteiger partial charge in [0.2, 0.25) is 0 Å². The third-order valence-electron chi connectivity index (χ3n) is 6.49. The molecule has 4 aromatic rings. The lowest BCUT2D eigenvalue weighted by atomic mass is 10.1. The predicted octanol–water partition coefficient (Wildman–Crippen LogP) is 3.59. The lowest BCUT2D eigenvalue weighted by Crippen LogP contribution is -2.27. The lowest BCUT2D eigenvalue weighted by molar-refractivity contribution is 0.0996. The molecule has 0 aliphatic carbocycles. The van der Waals surface area contributed by atoms with Crippen molar-refractivity contribution in [1.29, 1.82) is 0 Å². The Hall–Kier alpha value is -4.80. The van der Waals surface area contributed by atoms with Gasteiger partial charge in [-0.15, -0.1) is 10.2 Å². The fourth-order valence-corrected chi connectivity index (χ4v) is 4.19. The molecule has 194 valence electrons. The molecule has 0 spiro atoms. The summed E-state index contributed by atoms with van der Waals surface area (Å²) in [5.41, 5.74) is 3.23. The minimum Gasteiger partial charge on any atom is -0.443 e. The first-order chi connectivity index (χ1) is 18.4. The quantitative estimate of drug-likeness (QED) is 0.399. The van der Waals surface area contributed by atoms with Crippen LogP contribution in [0.3, 0.4) is 0 Å². The number of anilines is 2. The van der Waals surface area contributed by atoms with Gasteiger partial charge in [-0.3, -0.25) is 14.3 Å². The van der Waals surface area contributed by atoms with E-state index in [0.717, 1.165) is 5.69 Å². The fourth-order valence-electron chi connectivity index (χ4n) is 4.19. The number of hydrogen-bond donors (Lipinski definition) is 1. The van der Waals surface area contributed by atoms with Gasteiger partial charge in [-0.25, -0.2) is 14.8 Å². The second kappa shape index (κ2) is 10.3. The SMILES string of the molecule is CNC(=O)OCc1nc(N(C)C(C)C)cc2c1CN(c1cccc(-c3nncn3-c3ccccc3)n1)C2=O. The molecule has 0 radical (unpaired) electrons. The molecule has 1 aromatic carbocycles. The van der Waals surface area contributed by atoms with Gasteiger partial charge in [0.05, 0.1) is 17.8 Å². The molecular formula is C27H28N8O3. The van der Waals surface area contributed by atoms with Crippen LogP contribution in [0.1, 0.15) is 35.5 Å². The Kier molecular flexibility index (Phi) is 6.73. The van der Waals surface area contributed by atoms with E-state index in [1.165, 1.54) is 7.05 Å². The summed E-state index contributed by atoms with van der Waals surface area (Å²) in [5, 5.41) is 10.8. The van der Waals surface area contributed by atoms with E-state index in [4.69, 9.17) is 14.7 Å². The Balaban J connectivity index is 1.50. The van der Waals surface area contributed by atoms with Crippen LogP contribution in [0.25, 0.3) is 17.2 Å². The number of pyridine rings is 2. The molecule has 0 fully saturated rings. The molecule has 0 saturated carbocycles. The van der Waals surface area contributed by atoms with Crippen LogP contribution < -0.4 is 15.1 Å². The van der Waals surface area contributed by atoms with Crippen molar-refractivity contribution in [1.82, 2.24) is 30.0 Å². The number of nitrogens with zero attached hydrogens (tertiary/aromatic N) is 7. The average Bonchev–Trinajstić information content (AvgIpc) is 3.57. The maximum absolute atomic E-state index is 13.7. The summed E-state index contributed by atoms with van der Waals surface area (Å²) >= 11 is 0. The molecule has 2 amide bonds. The van der Waals surface area contributed by atoms with Crippen molar-refractivity contribution in [3.63, 3.8) is 0 Å². The fraction of sp³-hybridized carbons (Fsp3) is 0.259. The zero-order valence-corrected chi connectivity index (χ0v) is 21.6. The number of hydrogen-bond acceptors (Lipinski definition) is 8. The molecule has 0 unspecified atom stereocenters. The van der Waals surface area contributed by atoms with Gasteiger partial charge in [-0.1, -0.05) is 24.3 Å². The number of carbonyl (C=O) groups is 2. The van der Waals surface area contributed by atoms with Crippen LogP contribution in [-0.2, 0) is 17.9 Å². The molecule has 1 aliphatic heterocycles. The van der Waals surface area contributed by atoms with Crippen LogP contribution in [0, 0.1) is 0 Å². The molecule has 4 heterocycles. The first-order valence-electron chi connectivity index (χ1n) is 12.2. The summed E-state index contributed by atoms with van der Waals surface area (Å²) in [7, 11) is 3.40.